The van der Waals surface area contributed by atoms with E-state index >= 15 is 0 Å². The lowest BCUT2D eigenvalue weighted by molar-refractivity contribution is -0.146. The molecule has 2 saturated carbocycles. The number of unbranched alkanes of at least 4 members (excludes halogenated alkanes) is 1. The molecule has 0 aromatic heterocycles. The second kappa shape index (κ2) is 9.87. The summed E-state index contributed by atoms with van der Waals surface area (Å²) in [7, 11) is 0. The minimum absolute atomic E-state index is 0.0341. The number of carbonyl (C=O) groups is 2. The van der Waals surface area contributed by atoms with Crippen molar-refractivity contribution in [3.63, 3.8) is 0 Å². The number of esters is 1. The maximum Gasteiger partial charge on any atom is 0.303 e. The van der Waals surface area contributed by atoms with Crippen LogP contribution in [0.15, 0.2) is 11.6 Å². The molecule has 0 spiro atoms. The Bertz CT molecular complexity index is 653. The van der Waals surface area contributed by atoms with Gasteiger partial charge in [-0.3, -0.25) is 9.59 Å². The van der Waals surface area contributed by atoms with Gasteiger partial charge in [0.1, 0.15) is 6.10 Å². The smallest absolute Gasteiger partial charge is 0.303 e. The van der Waals surface area contributed by atoms with E-state index in [1.165, 1.54) is 38.2 Å². The van der Waals surface area contributed by atoms with Gasteiger partial charge in [0, 0.05) is 19.8 Å². The van der Waals surface area contributed by atoms with E-state index in [1.54, 1.807) is 0 Å². The van der Waals surface area contributed by atoms with Gasteiger partial charge in [0.05, 0.1) is 0 Å². The second-order valence-electron chi connectivity index (χ2n) is 10.7. The number of carboxylic acid groups (broad SMARTS) is 1. The molecule has 3 aliphatic rings. The highest BCUT2D eigenvalue weighted by Crippen LogP contribution is 2.63. The topological polar surface area (TPSA) is 63.6 Å². The first-order chi connectivity index (χ1) is 14.2. The van der Waals surface area contributed by atoms with Crippen molar-refractivity contribution in [1.82, 2.24) is 0 Å². The van der Waals surface area contributed by atoms with Crippen molar-refractivity contribution in [3.8, 4) is 0 Å². The van der Waals surface area contributed by atoms with Gasteiger partial charge in [-0.15, -0.1) is 0 Å². The summed E-state index contributed by atoms with van der Waals surface area (Å²) in [6, 6.07) is 0. The van der Waals surface area contributed by atoms with Crippen LogP contribution >= 0.6 is 0 Å². The highest BCUT2D eigenvalue weighted by atomic mass is 16.5. The molecule has 0 saturated heterocycles. The fraction of sp³-hybridized carbons (Fsp3) is 0.846. The molecule has 0 heterocycles. The van der Waals surface area contributed by atoms with Crippen molar-refractivity contribution in [2.75, 3.05) is 0 Å². The lowest BCUT2D eigenvalue weighted by Crippen LogP contribution is -2.44. The molecular formula is C26H42O4. The van der Waals surface area contributed by atoms with Crippen LogP contribution in [-0.4, -0.2) is 23.1 Å². The van der Waals surface area contributed by atoms with Gasteiger partial charge in [-0.05, 0) is 80.0 Å². The fourth-order valence-electron chi connectivity index (χ4n) is 7.42. The van der Waals surface area contributed by atoms with Crippen molar-refractivity contribution in [2.45, 2.75) is 104 Å². The molecular weight excluding hydrogens is 376 g/mol. The van der Waals surface area contributed by atoms with Crippen molar-refractivity contribution >= 4 is 11.9 Å². The summed E-state index contributed by atoms with van der Waals surface area (Å²) < 4.78 is 5.62. The molecule has 3 aliphatic carbocycles. The minimum atomic E-state index is -0.654. The number of carbonyl (C=O) groups excluding carboxylic acids is 1. The SMILES string of the molecule is CCCC[C@@H](CC1=CCC2C(CC[C@@]3(C)C2CC[C@@H]3[C@H](C)CC(=O)O)C1)OC(C)=O. The third-order valence-electron chi connectivity index (χ3n) is 8.75. The number of carboxylic acids is 1. The first kappa shape index (κ1) is 23.3. The molecule has 3 rings (SSSR count). The molecule has 4 nitrogen and oxygen atoms in total. The third-order valence-corrected chi connectivity index (χ3v) is 8.75. The molecule has 0 aliphatic heterocycles. The Labute approximate surface area is 182 Å². The van der Waals surface area contributed by atoms with E-state index in [-0.39, 0.29) is 18.0 Å². The molecule has 0 radical (unpaired) electrons. The number of aliphatic carboxylic acids is 1. The monoisotopic (exact) mass is 418 g/mol. The van der Waals surface area contributed by atoms with Crippen LogP contribution < -0.4 is 0 Å². The van der Waals surface area contributed by atoms with E-state index < -0.39 is 5.97 Å². The Morgan fingerprint density at radius 2 is 2.07 bits per heavy atom. The van der Waals surface area contributed by atoms with Crippen molar-refractivity contribution in [1.29, 1.82) is 0 Å². The number of allylic oxidation sites excluding steroid dienone is 1. The van der Waals surface area contributed by atoms with Crippen molar-refractivity contribution in [2.24, 2.45) is 35.0 Å². The van der Waals surface area contributed by atoms with Gasteiger partial charge in [0.15, 0.2) is 0 Å². The van der Waals surface area contributed by atoms with Crippen LogP contribution in [0.3, 0.4) is 0 Å². The summed E-state index contributed by atoms with van der Waals surface area (Å²) in [5.41, 5.74) is 1.80. The summed E-state index contributed by atoms with van der Waals surface area (Å²) in [6.45, 7) is 8.32. The van der Waals surface area contributed by atoms with E-state index in [1.807, 2.05) is 0 Å². The number of hydrogen-bond acceptors (Lipinski definition) is 3. The highest BCUT2D eigenvalue weighted by molar-refractivity contribution is 5.67. The van der Waals surface area contributed by atoms with Crippen LogP contribution in [0.2, 0.25) is 0 Å². The summed E-state index contributed by atoms with van der Waals surface area (Å²) >= 11 is 0. The second-order valence-corrected chi connectivity index (χ2v) is 10.7. The summed E-state index contributed by atoms with van der Waals surface area (Å²) in [4.78, 5) is 22.8. The Hall–Kier alpha value is -1.32. The minimum Gasteiger partial charge on any atom is -0.481 e. The molecule has 1 N–H and O–H groups in total. The lowest BCUT2D eigenvalue weighted by atomic mass is 9.54. The molecule has 170 valence electrons. The predicted molar refractivity (Wildman–Crippen MR) is 119 cm³/mol. The van der Waals surface area contributed by atoms with E-state index in [9.17, 15) is 14.7 Å². The number of rotatable bonds is 9. The average Bonchev–Trinajstić information content (AvgIpc) is 3.02. The maximum absolute atomic E-state index is 11.5. The van der Waals surface area contributed by atoms with Crippen LogP contribution in [-0.2, 0) is 14.3 Å². The van der Waals surface area contributed by atoms with Crippen LogP contribution in [0.5, 0.6) is 0 Å². The summed E-state index contributed by atoms with van der Waals surface area (Å²) in [6.07, 6.45) is 14.2. The van der Waals surface area contributed by atoms with Crippen LogP contribution in [0.25, 0.3) is 0 Å². The van der Waals surface area contributed by atoms with Gasteiger partial charge < -0.3 is 9.84 Å². The molecule has 0 amide bonds. The Morgan fingerprint density at radius 3 is 2.73 bits per heavy atom. The standard InChI is InChI=1S/C26H42O4/c1-5-6-7-21(30-18(3)27)16-19-8-9-22-20(15-19)12-13-26(4)23(10-11-24(22)26)17(2)14-25(28)29/h8,17,20-24H,5-7,9-16H2,1-4H3,(H,28,29)/t17-,20?,21+,22?,23-,24?,26-/m1/s1. The van der Waals surface area contributed by atoms with Gasteiger partial charge in [0.2, 0.25) is 0 Å². The van der Waals surface area contributed by atoms with Crippen LogP contribution in [0.4, 0.5) is 0 Å². The molecule has 0 aromatic carbocycles. The van der Waals surface area contributed by atoms with Gasteiger partial charge in [-0.1, -0.05) is 45.3 Å². The quantitative estimate of drug-likeness (QED) is 0.348. The first-order valence-corrected chi connectivity index (χ1v) is 12.3. The zero-order chi connectivity index (χ0) is 21.9. The molecule has 7 atom stereocenters. The fourth-order valence-corrected chi connectivity index (χ4v) is 7.42. The van der Waals surface area contributed by atoms with Gasteiger partial charge in [0.25, 0.3) is 0 Å². The molecule has 4 heteroatoms. The molecule has 30 heavy (non-hydrogen) atoms. The van der Waals surface area contributed by atoms with Crippen molar-refractivity contribution in [3.05, 3.63) is 11.6 Å². The molecule has 2 fully saturated rings. The third kappa shape index (κ3) is 5.11. The largest absolute Gasteiger partial charge is 0.481 e. The van der Waals surface area contributed by atoms with E-state index in [0.717, 1.165) is 56.3 Å². The highest BCUT2D eigenvalue weighted by Gasteiger charge is 2.55. The number of ether oxygens (including phenoxy) is 1. The Kier molecular flexibility index (Phi) is 7.68. The van der Waals surface area contributed by atoms with Gasteiger partial charge >= 0.3 is 11.9 Å². The Balaban J connectivity index is 1.65. The zero-order valence-electron chi connectivity index (χ0n) is 19.5. The van der Waals surface area contributed by atoms with Crippen LogP contribution in [0, 0.1) is 35.0 Å². The van der Waals surface area contributed by atoms with E-state index in [4.69, 9.17) is 4.74 Å². The average molecular weight is 419 g/mol. The van der Waals surface area contributed by atoms with E-state index in [0.29, 0.717) is 17.8 Å². The maximum atomic E-state index is 11.5. The van der Waals surface area contributed by atoms with Gasteiger partial charge in [-0.25, -0.2) is 0 Å². The molecule has 0 bridgehead atoms. The number of fused-ring (bicyclic) bond motifs is 3. The lowest BCUT2D eigenvalue weighted by Gasteiger charge is -2.51. The molecule has 3 unspecified atom stereocenters. The number of hydrogen-bond donors (Lipinski definition) is 1. The predicted octanol–water partition coefficient (Wildman–Crippen LogP) is 6.39. The summed E-state index contributed by atoms with van der Waals surface area (Å²) in [5.74, 6) is 2.24. The normalized spacial score (nSPS) is 35.0. The first-order valence-electron chi connectivity index (χ1n) is 12.3. The van der Waals surface area contributed by atoms with E-state index in [2.05, 4.69) is 26.8 Å². The van der Waals surface area contributed by atoms with Crippen molar-refractivity contribution < 1.29 is 19.4 Å². The van der Waals surface area contributed by atoms with Crippen LogP contribution in [0.1, 0.15) is 98.3 Å². The van der Waals surface area contributed by atoms with Gasteiger partial charge in [-0.2, -0.15) is 0 Å². The summed E-state index contributed by atoms with van der Waals surface area (Å²) in [5, 5.41) is 9.28. The Morgan fingerprint density at radius 1 is 1.30 bits per heavy atom. The zero-order valence-corrected chi connectivity index (χ0v) is 19.5. The molecule has 0 aromatic rings.